The van der Waals surface area contributed by atoms with Gasteiger partial charge in [-0.1, -0.05) is 88.7 Å². The highest BCUT2D eigenvalue weighted by molar-refractivity contribution is 5.98. The average molecular weight is 674 g/mol. The Hall–Kier alpha value is -4.61. The Morgan fingerprint density at radius 1 is 0.776 bits per heavy atom. The van der Waals surface area contributed by atoms with Gasteiger partial charge in [-0.05, 0) is 48.3 Å². The third kappa shape index (κ3) is 13.8. The van der Waals surface area contributed by atoms with Gasteiger partial charge in [0.2, 0.25) is 17.7 Å². The number of aromatic amines is 1. The number of nitrogens with one attached hydrogen (secondary N) is 6. The van der Waals surface area contributed by atoms with Crippen LogP contribution in [0.1, 0.15) is 80.9 Å². The molecule has 2 aromatic carbocycles. The van der Waals surface area contributed by atoms with Gasteiger partial charge in [0.05, 0.1) is 18.2 Å². The smallest absolute Gasteiger partial charge is 0.252 e. The molecule has 11 heteroatoms. The molecule has 2 unspecified atom stereocenters. The van der Waals surface area contributed by atoms with E-state index in [0.29, 0.717) is 44.3 Å². The molecule has 0 spiro atoms. The van der Waals surface area contributed by atoms with Gasteiger partial charge >= 0.3 is 0 Å². The Kier molecular flexibility index (Phi) is 15.4. The minimum atomic E-state index is -0.849. The van der Waals surface area contributed by atoms with Crippen LogP contribution in [-0.2, 0) is 34.0 Å². The van der Waals surface area contributed by atoms with E-state index in [4.69, 9.17) is 0 Å². The number of aliphatic hydroxyl groups excluding tert-OH is 1. The van der Waals surface area contributed by atoms with Gasteiger partial charge in [0.15, 0.2) is 12.4 Å². The number of hydrogen-bond donors (Lipinski definition) is 6. The van der Waals surface area contributed by atoms with Crippen molar-refractivity contribution in [2.75, 3.05) is 6.54 Å². The maximum atomic E-state index is 13.8. The molecule has 11 nitrogen and oxygen atoms in total. The van der Waals surface area contributed by atoms with E-state index < -0.39 is 24.0 Å². The third-order valence-electron chi connectivity index (χ3n) is 8.04. The number of amides is 4. The first-order chi connectivity index (χ1) is 23.4. The molecule has 4 atom stereocenters. The summed E-state index contributed by atoms with van der Waals surface area (Å²) in [6.07, 6.45) is 5.22. The Balaban J connectivity index is 1.67. The lowest BCUT2D eigenvalue weighted by Gasteiger charge is -2.29. The zero-order chi connectivity index (χ0) is 35.8. The van der Waals surface area contributed by atoms with Gasteiger partial charge in [-0.15, -0.1) is 0 Å². The van der Waals surface area contributed by atoms with E-state index in [0.717, 1.165) is 16.7 Å². The lowest BCUT2D eigenvalue weighted by atomic mass is 9.87. The average Bonchev–Trinajstić information content (AvgIpc) is 3.09. The predicted octanol–water partition coefficient (Wildman–Crippen LogP) is 2.83. The highest BCUT2D eigenvalue weighted by atomic mass is 16.3. The van der Waals surface area contributed by atoms with Crippen molar-refractivity contribution >= 4 is 23.6 Å². The fourth-order valence-electron chi connectivity index (χ4n) is 5.32. The number of aliphatic hydroxyl groups is 1. The minimum Gasteiger partial charge on any atom is -0.392 e. The second-order valence-electron chi connectivity index (χ2n) is 13.6. The number of benzene rings is 2. The highest BCUT2D eigenvalue weighted by Gasteiger charge is 2.31. The second-order valence-corrected chi connectivity index (χ2v) is 13.6. The first-order valence-corrected chi connectivity index (χ1v) is 17.0. The van der Waals surface area contributed by atoms with E-state index in [-0.39, 0.29) is 35.8 Å². The number of rotatable bonds is 18. The molecular formula is C38H53N6O5+. The quantitative estimate of drug-likeness (QED) is 0.122. The van der Waals surface area contributed by atoms with Crippen LogP contribution >= 0.6 is 0 Å². The summed E-state index contributed by atoms with van der Waals surface area (Å²) in [6, 6.07) is 17.8. The summed E-state index contributed by atoms with van der Waals surface area (Å²) in [4.78, 5) is 56.2. The van der Waals surface area contributed by atoms with Gasteiger partial charge in [0.25, 0.3) is 5.91 Å². The summed E-state index contributed by atoms with van der Waals surface area (Å²) in [7, 11) is 0. The fourth-order valence-corrected chi connectivity index (χ4v) is 5.32. The van der Waals surface area contributed by atoms with E-state index in [1.807, 2.05) is 82.3 Å². The molecule has 1 aromatic heterocycles. The molecule has 0 radical (unpaired) electrons. The summed E-state index contributed by atoms with van der Waals surface area (Å²) in [5, 5.41) is 24.3. The van der Waals surface area contributed by atoms with Gasteiger partial charge in [-0.3, -0.25) is 19.2 Å². The van der Waals surface area contributed by atoms with Crippen LogP contribution in [0.25, 0.3) is 0 Å². The van der Waals surface area contributed by atoms with Crippen molar-refractivity contribution in [3.8, 4) is 0 Å². The molecule has 49 heavy (non-hydrogen) atoms. The van der Waals surface area contributed by atoms with Crippen LogP contribution in [0.4, 0.5) is 0 Å². The van der Waals surface area contributed by atoms with Crippen molar-refractivity contribution in [2.45, 2.75) is 97.6 Å². The molecule has 264 valence electrons. The van der Waals surface area contributed by atoms with Gasteiger partial charge in [0.1, 0.15) is 12.1 Å². The van der Waals surface area contributed by atoms with E-state index >= 15 is 0 Å². The van der Waals surface area contributed by atoms with Crippen molar-refractivity contribution in [3.63, 3.8) is 0 Å². The van der Waals surface area contributed by atoms with E-state index in [1.54, 1.807) is 31.5 Å². The Bertz CT molecular complexity index is 1480. The zero-order valence-corrected chi connectivity index (χ0v) is 29.3. The van der Waals surface area contributed by atoms with Gasteiger partial charge in [-0.2, -0.15) is 0 Å². The topological polar surface area (TPSA) is 163 Å². The molecule has 0 saturated heterocycles. The molecule has 0 aliphatic rings. The Labute approximate surface area is 290 Å². The number of aromatic nitrogens is 1. The van der Waals surface area contributed by atoms with Crippen LogP contribution in [0.2, 0.25) is 0 Å². The van der Waals surface area contributed by atoms with Crippen LogP contribution in [0.5, 0.6) is 0 Å². The highest BCUT2D eigenvalue weighted by Crippen LogP contribution is 2.21. The third-order valence-corrected chi connectivity index (χ3v) is 8.04. The van der Waals surface area contributed by atoms with Gasteiger partial charge in [0, 0.05) is 31.3 Å². The molecule has 1 heterocycles. The van der Waals surface area contributed by atoms with Crippen molar-refractivity contribution in [1.82, 2.24) is 26.6 Å². The normalized spacial score (nSPS) is 13.8. The number of H-pyrrole nitrogens is 1. The number of pyridine rings is 1. The van der Waals surface area contributed by atoms with Crippen molar-refractivity contribution in [2.24, 2.45) is 5.41 Å². The molecule has 0 aliphatic heterocycles. The molecule has 7 N–H and O–H groups in total. The lowest BCUT2D eigenvalue weighted by Crippen LogP contribution is -2.57. The van der Waals surface area contributed by atoms with Crippen LogP contribution in [0.15, 0.2) is 79.1 Å². The SMILES string of the molecule is CCC[C@H](NC(=O)C(CC(C)(C)C)NC(=O)c1cc[nH+]cc1)C(=O)NC(CN[C@@H](C)C(=O)NCc1ccc(CO)cc1)Cc1ccccc1. The van der Waals surface area contributed by atoms with Crippen LogP contribution in [0.3, 0.4) is 0 Å². The van der Waals surface area contributed by atoms with Crippen molar-refractivity contribution in [1.29, 1.82) is 0 Å². The lowest BCUT2D eigenvalue weighted by molar-refractivity contribution is -0.378. The molecule has 3 aromatic rings. The maximum Gasteiger partial charge on any atom is 0.252 e. The van der Waals surface area contributed by atoms with E-state index in [2.05, 4.69) is 31.6 Å². The number of carbonyl (C=O) groups is 4. The first kappa shape index (κ1) is 38.8. The summed E-state index contributed by atoms with van der Waals surface area (Å²) >= 11 is 0. The molecule has 0 aliphatic carbocycles. The molecule has 4 amide bonds. The minimum absolute atomic E-state index is 0.0380. The second kappa shape index (κ2) is 19.4. The maximum absolute atomic E-state index is 13.8. The fraction of sp³-hybridized carbons (Fsp3) is 0.447. The molecule has 3 rings (SSSR count). The summed E-state index contributed by atoms with van der Waals surface area (Å²) in [5.74, 6) is -1.32. The summed E-state index contributed by atoms with van der Waals surface area (Å²) < 4.78 is 0. The summed E-state index contributed by atoms with van der Waals surface area (Å²) in [5.41, 5.74) is 2.88. The van der Waals surface area contributed by atoms with Crippen LogP contribution in [-0.4, -0.2) is 59.4 Å². The van der Waals surface area contributed by atoms with E-state index in [9.17, 15) is 24.3 Å². The molecule has 0 fully saturated rings. The van der Waals surface area contributed by atoms with Crippen LogP contribution < -0.4 is 31.6 Å². The Morgan fingerprint density at radius 2 is 1.41 bits per heavy atom. The largest absolute Gasteiger partial charge is 0.392 e. The van der Waals surface area contributed by atoms with Crippen molar-refractivity contribution in [3.05, 3.63) is 101 Å². The zero-order valence-electron chi connectivity index (χ0n) is 29.3. The number of carbonyl (C=O) groups excluding carboxylic acids is 4. The first-order valence-electron chi connectivity index (χ1n) is 17.0. The standard InChI is InChI=1S/C38H52N6O5/c1-6-10-32(43-37(49)33(22-38(3,4)5)44-35(47)30-17-19-39-20-18-30)36(48)42-31(21-27-11-8-7-9-12-27)24-40-26(2)34(46)41-23-28-13-15-29(25-45)16-14-28/h7-9,11-20,26,31-33,40,45H,6,10,21-25H2,1-5H3,(H,41,46)(H,42,48)(H,43,49)(H,44,47)/p+1/t26-,31?,32-,33?/m0/s1. The van der Waals surface area contributed by atoms with Crippen molar-refractivity contribution < 1.29 is 29.3 Å². The molecular weight excluding hydrogens is 620 g/mol. The van der Waals surface area contributed by atoms with Gasteiger partial charge in [-0.25, -0.2) is 4.98 Å². The Morgan fingerprint density at radius 3 is 2.02 bits per heavy atom. The molecule has 0 saturated carbocycles. The van der Waals surface area contributed by atoms with Crippen LogP contribution in [0, 0.1) is 5.41 Å². The summed E-state index contributed by atoms with van der Waals surface area (Å²) in [6.45, 7) is 10.3. The predicted molar refractivity (Wildman–Crippen MR) is 189 cm³/mol. The molecule has 0 bridgehead atoms. The monoisotopic (exact) mass is 673 g/mol. The van der Waals surface area contributed by atoms with E-state index in [1.165, 1.54) is 0 Å². The number of hydrogen-bond acceptors (Lipinski definition) is 6. The van der Waals surface area contributed by atoms with Gasteiger partial charge < -0.3 is 31.7 Å².